The molecule has 1 unspecified atom stereocenters. The lowest BCUT2D eigenvalue weighted by Gasteiger charge is -2.28. The second-order valence-electron chi connectivity index (χ2n) is 3.10. The standard InChI is InChI=1S/C8H16FN/c1-10-6-5-8(9)7-3-2-4-7/h7-8,10H,2-6H2,1H3. The topological polar surface area (TPSA) is 12.0 Å². The van der Waals surface area contributed by atoms with Crippen molar-refractivity contribution in [1.82, 2.24) is 5.32 Å². The Morgan fingerprint density at radius 2 is 2.30 bits per heavy atom. The molecule has 1 nitrogen and oxygen atoms in total. The average Bonchev–Trinajstić information content (AvgIpc) is 1.79. The van der Waals surface area contributed by atoms with Gasteiger partial charge in [0.25, 0.3) is 0 Å². The van der Waals surface area contributed by atoms with Crippen molar-refractivity contribution < 1.29 is 4.39 Å². The first-order valence-corrected chi connectivity index (χ1v) is 4.13. The highest BCUT2D eigenvalue weighted by Crippen LogP contribution is 2.32. The third-order valence-corrected chi connectivity index (χ3v) is 2.33. The summed E-state index contributed by atoms with van der Waals surface area (Å²) in [6.45, 7) is 0.817. The van der Waals surface area contributed by atoms with Gasteiger partial charge in [0.2, 0.25) is 0 Å². The minimum absolute atomic E-state index is 0.397. The van der Waals surface area contributed by atoms with Gasteiger partial charge in [-0.3, -0.25) is 0 Å². The van der Waals surface area contributed by atoms with E-state index in [1.54, 1.807) is 0 Å². The van der Waals surface area contributed by atoms with Crippen LogP contribution in [0.3, 0.4) is 0 Å². The highest BCUT2D eigenvalue weighted by Gasteiger charge is 2.26. The van der Waals surface area contributed by atoms with E-state index in [4.69, 9.17) is 0 Å². The van der Waals surface area contributed by atoms with Crippen LogP contribution < -0.4 is 5.32 Å². The van der Waals surface area contributed by atoms with Gasteiger partial charge < -0.3 is 5.32 Å². The van der Waals surface area contributed by atoms with E-state index < -0.39 is 6.17 Å². The van der Waals surface area contributed by atoms with Crippen molar-refractivity contribution >= 4 is 0 Å². The van der Waals surface area contributed by atoms with Crippen molar-refractivity contribution in [2.75, 3.05) is 13.6 Å². The van der Waals surface area contributed by atoms with E-state index >= 15 is 0 Å². The molecule has 2 heteroatoms. The van der Waals surface area contributed by atoms with Crippen molar-refractivity contribution in [2.45, 2.75) is 31.9 Å². The third-order valence-electron chi connectivity index (χ3n) is 2.33. The Kier molecular flexibility index (Phi) is 3.13. The van der Waals surface area contributed by atoms with Gasteiger partial charge in [-0.15, -0.1) is 0 Å². The first kappa shape index (κ1) is 7.99. The fourth-order valence-electron chi connectivity index (χ4n) is 1.32. The van der Waals surface area contributed by atoms with Crippen LogP contribution in [0, 0.1) is 5.92 Å². The zero-order chi connectivity index (χ0) is 7.40. The maximum absolute atomic E-state index is 13.0. The smallest absolute Gasteiger partial charge is 0.104 e. The molecule has 1 atom stereocenters. The molecular formula is C8H16FN. The molecule has 0 bridgehead atoms. The number of alkyl halides is 1. The molecule has 0 heterocycles. The van der Waals surface area contributed by atoms with Gasteiger partial charge in [-0.25, -0.2) is 4.39 Å². The summed E-state index contributed by atoms with van der Waals surface area (Å²) in [5, 5.41) is 2.96. The predicted molar refractivity (Wildman–Crippen MR) is 40.8 cm³/mol. The number of halogens is 1. The van der Waals surface area contributed by atoms with Crippen molar-refractivity contribution in [2.24, 2.45) is 5.92 Å². The lowest BCUT2D eigenvalue weighted by Crippen LogP contribution is -2.26. The van der Waals surface area contributed by atoms with E-state index in [1.807, 2.05) is 7.05 Å². The van der Waals surface area contributed by atoms with E-state index in [1.165, 1.54) is 6.42 Å². The molecule has 0 radical (unpaired) electrons. The Balaban J connectivity index is 2.02. The van der Waals surface area contributed by atoms with Crippen molar-refractivity contribution in [1.29, 1.82) is 0 Å². The summed E-state index contributed by atoms with van der Waals surface area (Å²) in [6.07, 6.45) is 3.63. The molecule has 0 saturated heterocycles. The molecule has 1 saturated carbocycles. The molecule has 1 N–H and O–H groups in total. The molecule has 1 aliphatic rings. The van der Waals surface area contributed by atoms with E-state index in [-0.39, 0.29) is 0 Å². The van der Waals surface area contributed by atoms with Gasteiger partial charge in [-0.05, 0) is 38.8 Å². The molecule has 0 amide bonds. The fourth-order valence-corrected chi connectivity index (χ4v) is 1.32. The van der Waals surface area contributed by atoms with Crippen LogP contribution in [-0.2, 0) is 0 Å². The van der Waals surface area contributed by atoms with Crippen LogP contribution >= 0.6 is 0 Å². The van der Waals surface area contributed by atoms with E-state index in [0.29, 0.717) is 12.3 Å². The van der Waals surface area contributed by atoms with Crippen LogP contribution in [0.15, 0.2) is 0 Å². The monoisotopic (exact) mass is 145 g/mol. The maximum atomic E-state index is 13.0. The molecule has 1 aliphatic carbocycles. The first-order chi connectivity index (χ1) is 4.84. The lowest BCUT2D eigenvalue weighted by atomic mass is 9.81. The third kappa shape index (κ3) is 1.94. The normalized spacial score (nSPS) is 22.2. The second kappa shape index (κ2) is 3.91. The highest BCUT2D eigenvalue weighted by molar-refractivity contribution is 4.77. The quantitative estimate of drug-likeness (QED) is 0.635. The van der Waals surface area contributed by atoms with Gasteiger partial charge in [0.1, 0.15) is 6.17 Å². The number of hydrogen-bond acceptors (Lipinski definition) is 1. The van der Waals surface area contributed by atoms with Gasteiger partial charge >= 0.3 is 0 Å². The lowest BCUT2D eigenvalue weighted by molar-refractivity contribution is 0.140. The van der Waals surface area contributed by atoms with Gasteiger partial charge in [0.05, 0.1) is 0 Å². The zero-order valence-corrected chi connectivity index (χ0v) is 6.57. The number of nitrogens with one attached hydrogen (secondary N) is 1. The highest BCUT2D eigenvalue weighted by atomic mass is 19.1. The molecule has 10 heavy (non-hydrogen) atoms. The summed E-state index contributed by atoms with van der Waals surface area (Å²) < 4.78 is 13.0. The molecule has 0 aliphatic heterocycles. The summed E-state index contributed by atoms with van der Waals surface area (Å²) in [7, 11) is 1.87. The van der Waals surface area contributed by atoms with E-state index in [9.17, 15) is 4.39 Å². The minimum atomic E-state index is -0.541. The molecule has 0 aromatic rings. The Morgan fingerprint density at radius 3 is 2.70 bits per heavy atom. The summed E-state index contributed by atoms with van der Waals surface area (Å²) in [5.41, 5.74) is 0. The van der Waals surface area contributed by atoms with E-state index in [2.05, 4.69) is 5.32 Å². The van der Waals surface area contributed by atoms with Crippen LogP contribution in [0.2, 0.25) is 0 Å². The Hall–Kier alpha value is -0.110. The summed E-state index contributed by atoms with van der Waals surface area (Å²) in [6, 6.07) is 0. The summed E-state index contributed by atoms with van der Waals surface area (Å²) in [4.78, 5) is 0. The van der Waals surface area contributed by atoms with Crippen molar-refractivity contribution in [3.8, 4) is 0 Å². The van der Waals surface area contributed by atoms with Gasteiger partial charge in [0, 0.05) is 0 Å². The second-order valence-corrected chi connectivity index (χ2v) is 3.10. The Bertz CT molecular complexity index is 91.3. The van der Waals surface area contributed by atoms with Gasteiger partial charge in [-0.1, -0.05) is 6.42 Å². The number of hydrogen-bond donors (Lipinski definition) is 1. The summed E-state index contributed by atoms with van der Waals surface area (Å²) in [5.74, 6) is 0.397. The summed E-state index contributed by atoms with van der Waals surface area (Å²) >= 11 is 0. The van der Waals surface area contributed by atoms with Crippen LogP contribution in [0.4, 0.5) is 4.39 Å². The fraction of sp³-hybridized carbons (Fsp3) is 1.00. The molecular weight excluding hydrogens is 129 g/mol. The zero-order valence-electron chi connectivity index (χ0n) is 6.57. The molecule has 60 valence electrons. The molecule has 0 aromatic carbocycles. The molecule has 1 fully saturated rings. The van der Waals surface area contributed by atoms with Crippen LogP contribution in [0.25, 0.3) is 0 Å². The molecule has 0 aromatic heterocycles. The first-order valence-electron chi connectivity index (χ1n) is 4.13. The largest absolute Gasteiger partial charge is 0.320 e. The van der Waals surface area contributed by atoms with Crippen molar-refractivity contribution in [3.05, 3.63) is 0 Å². The van der Waals surface area contributed by atoms with Gasteiger partial charge in [0.15, 0.2) is 0 Å². The SMILES string of the molecule is CNCCC(F)C1CCC1. The molecule has 0 spiro atoms. The number of rotatable bonds is 4. The van der Waals surface area contributed by atoms with Crippen LogP contribution in [-0.4, -0.2) is 19.8 Å². The van der Waals surface area contributed by atoms with Gasteiger partial charge in [-0.2, -0.15) is 0 Å². The van der Waals surface area contributed by atoms with Crippen LogP contribution in [0.5, 0.6) is 0 Å². The Labute approximate surface area is 62.0 Å². The van der Waals surface area contributed by atoms with Crippen molar-refractivity contribution in [3.63, 3.8) is 0 Å². The minimum Gasteiger partial charge on any atom is -0.320 e. The molecule has 1 rings (SSSR count). The van der Waals surface area contributed by atoms with E-state index in [0.717, 1.165) is 19.4 Å². The Morgan fingerprint density at radius 1 is 1.60 bits per heavy atom. The average molecular weight is 145 g/mol. The van der Waals surface area contributed by atoms with Crippen LogP contribution in [0.1, 0.15) is 25.7 Å². The maximum Gasteiger partial charge on any atom is 0.104 e. The predicted octanol–water partition coefficient (Wildman–Crippen LogP) is 1.73.